The summed E-state index contributed by atoms with van der Waals surface area (Å²) in [6.07, 6.45) is 1.11. The predicted octanol–water partition coefficient (Wildman–Crippen LogP) is 3.51. The van der Waals surface area contributed by atoms with Gasteiger partial charge in [0.25, 0.3) is 0 Å². The van der Waals surface area contributed by atoms with Gasteiger partial charge in [0.05, 0.1) is 25.9 Å². The number of carbonyl (C=O) groups is 1. The second kappa shape index (κ2) is 8.61. The lowest BCUT2D eigenvalue weighted by Gasteiger charge is -2.45. The molecule has 0 aromatic heterocycles. The Morgan fingerprint density at radius 2 is 1.96 bits per heavy atom. The van der Waals surface area contributed by atoms with Crippen LogP contribution in [0.5, 0.6) is 5.75 Å². The maximum atomic E-state index is 11.1. The third kappa shape index (κ3) is 5.39. The molecule has 3 atom stereocenters. The molecule has 138 valence electrons. The molecule has 0 aliphatic carbocycles. The van der Waals surface area contributed by atoms with Crippen molar-refractivity contribution in [1.29, 1.82) is 0 Å². The molecule has 0 unspecified atom stereocenters. The van der Waals surface area contributed by atoms with Crippen LogP contribution in [0.4, 0.5) is 0 Å². The summed E-state index contributed by atoms with van der Waals surface area (Å²) in [5.74, 6) is 0.121. The van der Waals surface area contributed by atoms with E-state index >= 15 is 0 Å². The third-order valence-corrected chi connectivity index (χ3v) is 4.40. The van der Waals surface area contributed by atoms with E-state index in [9.17, 15) is 4.79 Å². The highest BCUT2D eigenvalue weighted by molar-refractivity contribution is 5.73. The molecule has 0 bridgehead atoms. The first-order valence-electron chi connectivity index (χ1n) is 8.56. The van der Waals surface area contributed by atoms with E-state index in [0.717, 1.165) is 24.0 Å². The molecule has 1 fully saturated rings. The fourth-order valence-corrected chi connectivity index (χ4v) is 3.02. The minimum absolute atomic E-state index is 0.0373. The quantitative estimate of drug-likeness (QED) is 0.409. The second-order valence-electron chi connectivity index (χ2n) is 6.84. The zero-order valence-electron chi connectivity index (χ0n) is 15.5. The van der Waals surface area contributed by atoms with Gasteiger partial charge in [-0.1, -0.05) is 25.6 Å². The zero-order valence-corrected chi connectivity index (χ0v) is 15.5. The third-order valence-electron chi connectivity index (χ3n) is 4.40. The fraction of sp³-hybridized carbons (Fsp3) is 0.550. The van der Waals surface area contributed by atoms with Gasteiger partial charge < -0.3 is 18.9 Å². The fourth-order valence-electron chi connectivity index (χ4n) is 3.02. The van der Waals surface area contributed by atoms with E-state index in [4.69, 9.17) is 18.9 Å². The number of ether oxygens (including phenoxy) is 4. The van der Waals surface area contributed by atoms with Gasteiger partial charge in [-0.25, -0.2) is 0 Å². The van der Waals surface area contributed by atoms with Crippen LogP contribution in [0.2, 0.25) is 0 Å². The van der Waals surface area contributed by atoms with E-state index in [1.807, 2.05) is 45.0 Å². The Balaban J connectivity index is 1.85. The summed E-state index contributed by atoms with van der Waals surface area (Å²) in [6, 6.07) is 7.81. The molecule has 0 amide bonds. The van der Waals surface area contributed by atoms with Gasteiger partial charge in [0.2, 0.25) is 0 Å². The molecule has 5 nitrogen and oxygen atoms in total. The summed E-state index contributed by atoms with van der Waals surface area (Å²) in [4.78, 5) is 11.1. The Morgan fingerprint density at radius 3 is 2.56 bits per heavy atom. The molecule has 1 aromatic rings. The number of carbonyl (C=O) groups excluding carboxylic acids is 1. The summed E-state index contributed by atoms with van der Waals surface area (Å²) in [6.45, 7) is 10.6. The van der Waals surface area contributed by atoms with E-state index in [-0.39, 0.29) is 18.1 Å². The van der Waals surface area contributed by atoms with Crippen molar-refractivity contribution >= 4 is 6.29 Å². The zero-order chi connectivity index (χ0) is 18.4. The van der Waals surface area contributed by atoms with Gasteiger partial charge in [-0.05, 0) is 38.0 Å². The molecule has 1 aliphatic heterocycles. The minimum Gasteiger partial charge on any atom is -0.497 e. The monoisotopic (exact) mass is 348 g/mol. The average Bonchev–Trinajstić information content (AvgIpc) is 2.60. The van der Waals surface area contributed by atoms with Crippen LogP contribution in [0.15, 0.2) is 36.4 Å². The lowest BCUT2D eigenvalue weighted by molar-refractivity contribution is -0.312. The van der Waals surface area contributed by atoms with Gasteiger partial charge in [0.15, 0.2) is 5.79 Å². The van der Waals surface area contributed by atoms with Gasteiger partial charge in [0.1, 0.15) is 12.0 Å². The smallest absolute Gasteiger partial charge is 0.163 e. The second-order valence-corrected chi connectivity index (χ2v) is 6.84. The number of methoxy groups -OCH3 is 1. The van der Waals surface area contributed by atoms with Crippen LogP contribution >= 0.6 is 0 Å². The van der Waals surface area contributed by atoms with E-state index in [1.165, 1.54) is 0 Å². The summed E-state index contributed by atoms with van der Waals surface area (Å²) in [5, 5.41) is 0. The molecular weight excluding hydrogens is 320 g/mol. The molecule has 0 saturated carbocycles. The van der Waals surface area contributed by atoms with E-state index in [0.29, 0.717) is 18.8 Å². The van der Waals surface area contributed by atoms with Crippen molar-refractivity contribution < 1.29 is 23.7 Å². The molecule has 1 heterocycles. The molecule has 1 saturated heterocycles. The average molecular weight is 348 g/mol. The van der Waals surface area contributed by atoms with Crippen molar-refractivity contribution in [3.8, 4) is 5.75 Å². The van der Waals surface area contributed by atoms with Crippen LogP contribution in [-0.2, 0) is 25.6 Å². The minimum atomic E-state index is -0.746. The van der Waals surface area contributed by atoms with E-state index in [1.54, 1.807) is 7.11 Å². The summed E-state index contributed by atoms with van der Waals surface area (Å²) in [5.41, 5.74) is 1.54. The van der Waals surface area contributed by atoms with Crippen LogP contribution in [0, 0.1) is 5.92 Å². The predicted molar refractivity (Wildman–Crippen MR) is 95.5 cm³/mol. The molecule has 1 aliphatic rings. The van der Waals surface area contributed by atoms with Crippen LogP contribution in [0.25, 0.3) is 0 Å². The topological polar surface area (TPSA) is 54.0 Å². The Hall–Kier alpha value is -1.69. The molecule has 0 spiro atoms. The van der Waals surface area contributed by atoms with Crippen LogP contribution in [-0.4, -0.2) is 38.0 Å². The Morgan fingerprint density at radius 1 is 1.28 bits per heavy atom. The molecule has 0 N–H and O–H groups in total. The van der Waals surface area contributed by atoms with Gasteiger partial charge in [-0.2, -0.15) is 0 Å². The highest BCUT2D eigenvalue weighted by atomic mass is 16.7. The first kappa shape index (κ1) is 19.6. The van der Waals surface area contributed by atoms with Crippen LogP contribution < -0.4 is 4.74 Å². The molecule has 5 heteroatoms. The molecule has 2 rings (SSSR count). The first-order valence-corrected chi connectivity index (χ1v) is 8.56. The summed E-state index contributed by atoms with van der Waals surface area (Å²) < 4.78 is 22.8. The Bertz CT molecular complexity index is 578. The van der Waals surface area contributed by atoms with Crippen molar-refractivity contribution in [3.05, 3.63) is 42.0 Å². The lowest BCUT2D eigenvalue weighted by Crippen LogP contribution is -2.51. The van der Waals surface area contributed by atoms with Gasteiger partial charge in [-0.15, -0.1) is 0 Å². The lowest BCUT2D eigenvalue weighted by atomic mass is 9.89. The maximum absolute atomic E-state index is 11.1. The molecule has 25 heavy (non-hydrogen) atoms. The molecular formula is C20H28O5. The van der Waals surface area contributed by atoms with Crippen LogP contribution in [0.1, 0.15) is 32.8 Å². The molecule has 1 aromatic carbocycles. The Labute approximate surface area is 149 Å². The SMILES string of the molecule is C=C(C=O)[C@@H]1OC(C)(C)O[C@@H](CCOCc2ccc(OC)cc2)[C@H]1C. The summed E-state index contributed by atoms with van der Waals surface area (Å²) in [7, 11) is 1.65. The number of hydrogen-bond acceptors (Lipinski definition) is 5. The van der Waals surface area contributed by atoms with E-state index < -0.39 is 5.79 Å². The van der Waals surface area contributed by atoms with Crippen molar-refractivity contribution in [2.24, 2.45) is 5.92 Å². The number of aldehydes is 1. The van der Waals surface area contributed by atoms with Crippen LogP contribution in [0.3, 0.4) is 0 Å². The highest BCUT2D eigenvalue weighted by Crippen LogP contribution is 2.34. The Kier molecular flexibility index (Phi) is 6.76. The number of benzene rings is 1. The van der Waals surface area contributed by atoms with Crippen molar-refractivity contribution in [3.63, 3.8) is 0 Å². The first-order chi connectivity index (χ1) is 11.9. The standard InChI is InChI=1S/C20H28O5/c1-14(12-21)19-15(2)18(24-20(3,4)25-19)10-11-23-13-16-6-8-17(22-5)9-7-16/h6-9,12,15,18-19H,1,10-11,13H2,2-5H3/t15-,18+,19+/m1/s1. The van der Waals surface area contributed by atoms with Gasteiger partial charge in [0, 0.05) is 18.1 Å². The molecule has 0 radical (unpaired) electrons. The number of hydrogen-bond donors (Lipinski definition) is 0. The maximum Gasteiger partial charge on any atom is 0.163 e. The van der Waals surface area contributed by atoms with Crippen molar-refractivity contribution in [1.82, 2.24) is 0 Å². The van der Waals surface area contributed by atoms with Gasteiger partial charge in [-0.3, -0.25) is 4.79 Å². The van der Waals surface area contributed by atoms with Gasteiger partial charge >= 0.3 is 0 Å². The van der Waals surface area contributed by atoms with Crippen molar-refractivity contribution in [2.75, 3.05) is 13.7 Å². The summed E-state index contributed by atoms with van der Waals surface area (Å²) >= 11 is 0. The van der Waals surface area contributed by atoms with E-state index in [2.05, 4.69) is 6.58 Å². The number of rotatable bonds is 8. The highest BCUT2D eigenvalue weighted by Gasteiger charge is 2.41. The largest absolute Gasteiger partial charge is 0.497 e. The normalized spacial score (nSPS) is 25.4. The van der Waals surface area contributed by atoms with Crippen molar-refractivity contribution in [2.45, 2.75) is 51.8 Å².